The predicted octanol–water partition coefficient (Wildman–Crippen LogP) is 1.27. The molecule has 0 fully saturated rings. The first kappa shape index (κ1) is 5.41. The highest BCUT2D eigenvalue weighted by molar-refractivity contribution is 5.13. The third-order valence-electron chi connectivity index (χ3n) is 0.598. The van der Waals surface area contributed by atoms with Gasteiger partial charge in [-0.2, -0.15) is 0 Å². The third kappa shape index (κ3) is 1.70. The molecule has 0 aromatic rings. The molecule has 0 heterocycles. The zero-order chi connectivity index (χ0) is 4.99. The number of hydrogen-bond acceptors (Lipinski definition) is 0. The van der Waals surface area contributed by atoms with Crippen LogP contribution in [0.2, 0.25) is 0 Å². The van der Waals surface area contributed by atoms with Crippen molar-refractivity contribution in [1.82, 2.24) is 0 Å². The number of hydrogen-bond donors (Lipinski definition) is 0. The van der Waals surface area contributed by atoms with Crippen LogP contribution in [-0.2, 0) is 4.42 Å². The first-order valence-corrected chi connectivity index (χ1v) is 1.91. The minimum absolute atomic E-state index is 0.731. The molecule has 6 heavy (non-hydrogen) atoms. The highest BCUT2D eigenvalue weighted by Gasteiger charge is 1.90. The Morgan fingerprint density at radius 1 is 1.83 bits per heavy atom. The maximum absolute atomic E-state index is 4.45. The molecule has 0 aliphatic rings. The van der Waals surface area contributed by atoms with Gasteiger partial charge in [0.15, 0.2) is 0 Å². The van der Waals surface area contributed by atoms with Gasteiger partial charge < -0.3 is 0 Å². The summed E-state index contributed by atoms with van der Waals surface area (Å²) < 4.78 is 4.45. The Balaban J connectivity index is 3.23. The Hall–Kier alpha value is -0.590. The van der Waals surface area contributed by atoms with Crippen LogP contribution in [0.4, 0.5) is 0 Å². The Morgan fingerprint density at radius 3 is 2.33 bits per heavy atom. The molecule has 0 N–H and O–H groups in total. The quantitative estimate of drug-likeness (QED) is 0.353. The van der Waals surface area contributed by atoms with E-state index in [-0.39, 0.29) is 0 Å². The molecule has 0 radical (unpaired) electrons. The van der Waals surface area contributed by atoms with Crippen molar-refractivity contribution in [3.63, 3.8) is 0 Å². The Morgan fingerprint density at radius 2 is 2.33 bits per heavy atom. The smallest absolute Gasteiger partial charge is 0.230 e. The highest BCUT2D eigenvalue weighted by atomic mass is 16.4. The second-order valence-electron chi connectivity index (χ2n) is 1.04. The summed E-state index contributed by atoms with van der Waals surface area (Å²) in [5, 5.41) is 0. The van der Waals surface area contributed by atoms with E-state index in [0.29, 0.717) is 0 Å². The van der Waals surface area contributed by atoms with Crippen molar-refractivity contribution in [2.45, 2.75) is 13.3 Å². The van der Waals surface area contributed by atoms with Crippen LogP contribution in [0.1, 0.15) is 13.3 Å². The van der Waals surface area contributed by atoms with Gasteiger partial charge >= 0.3 is 5.76 Å². The van der Waals surface area contributed by atoms with Crippen LogP contribution in [0.3, 0.4) is 0 Å². The lowest BCUT2D eigenvalue weighted by Crippen LogP contribution is -1.71. The average molecular weight is 85.1 g/mol. The van der Waals surface area contributed by atoms with Gasteiger partial charge in [0.1, 0.15) is 0 Å². The molecule has 0 aromatic heterocycles. The number of allylic oxidation sites excluding steroid dienone is 1. The zero-order valence-corrected chi connectivity index (χ0v) is 4.03. The van der Waals surface area contributed by atoms with Crippen LogP contribution >= 0.6 is 0 Å². The van der Waals surface area contributed by atoms with E-state index >= 15 is 0 Å². The average Bonchev–Trinajstić information content (AvgIpc) is 1.65. The molecule has 0 unspecified atom stereocenters. The summed E-state index contributed by atoms with van der Waals surface area (Å²) in [5.74, 6) is 0.731. The molecular weight excluding hydrogens is 76.1 g/mol. The third-order valence-corrected chi connectivity index (χ3v) is 0.598. The van der Waals surface area contributed by atoms with E-state index < -0.39 is 0 Å². The Kier molecular flexibility index (Phi) is 2.38. The molecule has 1 heteroatoms. The second kappa shape index (κ2) is 2.64. The minimum atomic E-state index is 0.731. The SMILES string of the molecule is C=[O+]C(=C)CC. The molecule has 1 nitrogen and oxygen atoms in total. The van der Waals surface area contributed by atoms with Crippen molar-refractivity contribution in [3.05, 3.63) is 12.3 Å². The van der Waals surface area contributed by atoms with Crippen LogP contribution in [-0.4, -0.2) is 6.79 Å². The summed E-state index contributed by atoms with van der Waals surface area (Å²) in [6.45, 7) is 8.63. The van der Waals surface area contributed by atoms with Crippen LogP contribution in [0.25, 0.3) is 0 Å². The summed E-state index contributed by atoms with van der Waals surface area (Å²) in [6, 6.07) is 0. The lowest BCUT2D eigenvalue weighted by molar-refractivity contribution is -0.388. The van der Waals surface area contributed by atoms with Crippen molar-refractivity contribution in [2.75, 3.05) is 0 Å². The van der Waals surface area contributed by atoms with Gasteiger partial charge in [-0.1, -0.05) is 6.92 Å². The van der Waals surface area contributed by atoms with Crippen LogP contribution < -0.4 is 0 Å². The lowest BCUT2D eigenvalue weighted by Gasteiger charge is -1.69. The summed E-state index contributed by atoms with van der Waals surface area (Å²) in [4.78, 5) is 0. The summed E-state index contributed by atoms with van der Waals surface area (Å²) in [5.41, 5.74) is 0. The van der Waals surface area contributed by atoms with Gasteiger partial charge in [-0.15, -0.1) is 0 Å². The molecule has 0 rings (SSSR count). The number of rotatable bonds is 2. The normalized spacial score (nSPS) is 7.50. The molecule has 0 spiro atoms. The molecule has 0 saturated heterocycles. The first-order valence-electron chi connectivity index (χ1n) is 1.91. The van der Waals surface area contributed by atoms with Crippen molar-refractivity contribution >= 4 is 6.79 Å². The van der Waals surface area contributed by atoms with Gasteiger partial charge in [-0.3, -0.25) is 0 Å². The van der Waals surface area contributed by atoms with Crippen LogP contribution in [0.5, 0.6) is 0 Å². The standard InChI is InChI=1S/C5H9O/c1-4-5(2)6-3/h2-4H2,1H3/q+1. The fourth-order valence-corrected chi connectivity index (χ4v) is 0.102. The van der Waals surface area contributed by atoms with Crippen molar-refractivity contribution in [3.8, 4) is 0 Å². The monoisotopic (exact) mass is 85.1 g/mol. The van der Waals surface area contributed by atoms with Gasteiger partial charge in [0.05, 0.1) is 6.42 Å². The maximum Gasteiger partial charge on any atom is 0.320 e. The molecule has 0 atom stereocenters. The second-order valence-corrected chi connectivity index (χ2v) is 1.04. The molecule has 0 aliphatic carbocycles. The molecule has 0 aromatic carbocycles. The van der Waals surface area contributed by atoms with Crippen LogP contribution in [0.15, 0.2) is 12.3 Å². The molecule has 34 valence electrons. The first-order chi connectivity index (χ1) is 2.81. The van der Waals surface area contributed by atoms with Gasteiger partial charge in [0.2, 0.25) is 0 Å². The summed E-state index contributed by atoms with van der Waals surface area (Å²) >= 11 is 0. The van der Waals surface area contributed by atoms with E-state index in [9.17, 15) is 0 Å². The van der Waals surface area contributed by atoms with Crippen molar-refractivity contribution in [1.29, 1.82) is 0 Å². The fraction of sp³-hybridized carbons (Fsp3) is 0.400. The molecule has 0 bridgehead atoms. The predicted molar refractivity (Wildman–Crippen MR) is 26.6 cm³/mol. The summed E-state index contributed by atoms with van der Waals surface area (Å²) in [6.07, 6.45) is 0.851. The maximum atomic E-state index is 4.45. The highest BCUT2D eigenvalue weighted by Crippen LogP contribution is 1.88. The molecule has 0 saturated carbocycles. The van der Waals surface area contributed by atoms with E-state index in [1.54, 1.807) is 0 Å². The minimum Gasteiger partial charge on any atom is -0.230 e. The van der Waals surface area contributed by atoms with Gasteiger partial charge in [0, 0.05) is 6.58 Å². The Bertz CT molecular complexity index is 64.3. The molecule has 0 aliphatic heterocycles. The van der Waals surface area contributed by atoms with Crippen LogP contribution in [0, 0.1) is 0 Å². The van der Waals surface area contributed by atoms with E-state index in [1.165, 1.54) is 0 Å². The fourth-order valence-electron chi connectivity index (χ4n) is 0.102. The van der Waals surface area contributed by atoms with E-state index in [1.807, 2.05) is 6.92 Å². The van der Waals surface area contributed by atoms with Crippen molar-refractivity contribution in [2.24, 2.45) is 0 Å². The van der Waals surface area contributed by atoms with Gasteiger partial charge in [0.25, 0.3) is 6.79 Å². The Labute approximate surface area is 38.0 Å². The number of carbonyl (C=O) groups excluding carboxylic acids is 1. The van der Waals surface area contributed by atoms with E-state index in [2.05, 4.69) is 17.8 Å². The van der Waals surface area contributed by atoms with Gasteiger partial charge in [-0.25, -0.2) is 4.42 Å². The molecular formula is C5H9O+. The lowest BCUT2D eigenvalue weighted by atomic mass is 10.4. The van der Waals surface area contributed by atoms with Gasteiger partial charge in [-0.05, 0) is 0 Å². The van der Waals surface area contributed by atoms with E-state index in [0.717, 1.165) is 12.2 Å². The summed E-state index contributed by atoms with van der Waals surface area (Å²) in [7, 11) is 0. The van der Waals surface area contributed by atoms with Crippen molar-refractivity contribution < 1.29 is 4.42 Å². The zero-order valence-electron chi connectivity index (χ0n) is 4.03. The van der Waals surface area contributed by atoms with E-state index in [4.69, 9.17) is 0 Å². The molecule has 0 amide bonds. The topological polar surface area (TPSA) is 11.3 Å². The largest absolute Gasteiger partial charge is 0.320 e.